The summed E-state index contributed by atoms with van der Waals surface area (Å²) in [6.07, 6.45) is 3.44. The highest BCUT2D eigenvalue weighted by Gasteiger charge is 2.36. The maximum absolute atomic E-state index is 13.6. The molecule has 8 nitrogen and oxygen atoms in total. The molecule has 5 heterocycles. The zero-order valence-electron chi connectivity index (χ0n) is 21.2. The van der Waals surface area contributed by atoms with E-state index in [0.717, 1.165) is 52.3 Å². The molecule has 2 aromatic heterocycles. The Morgan fingerprint density at radius 3 is 2.84 bits per heavy atom. The standard InChI is InChI=1S/C27H32F2N6O2/c1-17(36)33-7-5-25-23(15-33)27(31-35(25)22-6-8-37-16-22)34-13-18(10-26(28)29)9-20-11-19(3-4-24(20)34)21-12-30-32(2)14-21/h3-4,11-12,14,18,22,26H,5-10,13,15-16H2,1-2H3. The summed E-state index contributed by atoms with van der Waals surface area (Å²) in [6.45, 7) is 4.51. The van der Waals surface area contributed by atoms with E-state index in [2.05, 4.69) is 32.9 Å². The van der Waals surface area contributed by atoms with Gasteiger partial charge in [-0.25, -0.2) is 8.78 Å². The molecule has 2 unspecified atom stereocenters. The average molecular weight is 511 g/mol. The zero-order valence-corrected chi connectivity index (χ0v) is 21.2. The quantitative estimate of drug-likeness (QED) is 0.517. The lowest BCUT2D eigenvalue weighted by Crippen LogP contribution is -2.37. The Morgan fingerprint density at radius 2 is 2.14 bits per heavy atom. The van der Waals surface area contributed by atoms with Crippen LogP contribution < -0.4 is 4.90 Å². The number of alkyl halides is 2. The lowest BCUT2D eigenvalue weighted by atomic mass is 9.88. The highest BCUT2D eigenvalue weighted by Crippen LogP contribution is 2.42. The van der Waals surface area contributed by atoms with Crippen LogP contribution in [-0.2, 0) is 36.0 Å². The predicted molar refractivity (Wildman–Crippen MR) is 135 cm³/mol. The molecule has 0 spiro atoms. The minimum absolute atomic E-state index is 0.0317. The molecule has 2 atom stereocenters. The summed E-state index contributed by atoms with van der Waals surface area (Å²) < 4.78 is 36.7. The molecule has 10 heteroatoms. The summed E-state index contributed by atoms with van der Waals surface area (Å²) in [4.78, 5) is 16.2. The van der Waals surface area contributed by atoms with Gasteiger partial charge in [-0.05, 0) is 42.0 Å². The molecule has 1 saturated heterocycles. The van der Waals surface area contributed by atoms with E-state index in [-0.39, 0.29) is 24.3 Å². The Labute approximate surface area is 214 Å². The molecule has 3 aromatic rings. The number of carbonyl (C=O) groups excluding carboxylic acids is 1. The van der Waals surface area contributed by atoms with Crippen LogP contribution in [0.1, 0.15) is 42.6 Å². The van der Waals surface area contributed by atoms with E-state index >= 15 is 0 Å². The van der Waals surface area contributed by atoms with Gasteiger partial charge in [-0.3, -0.25) is 14.2 Å². The highest BCUT2D eigenvalue weighted by atomic mass is 19.3. The van der Waals surface area contributed by atoms with Gasteiger partial charge >= 0.3 is 0 Å². The van der Waals surface area contributed by atoms with Crippen LogP contribution in [0.25, 0.3) is 11.1 Å². The number of rotatable bonds is 5. The van der Waals surface area contributed by atoms with E-state index in [1.807, 2.05) is 24.3 Å². The summed E-state index contributed by atoms with van der Waals surface area (Å²) >= 11 is 0. The van der Waals surface area contributed by atoms with E-state index in [1.54, 1.807) is 11.6 Å². The number of hydrogen-bond acceptors (Lipinski definition) is 5. The van der Waals surface area contributed by atoms with Crippen LogP contribution in [0, 0.1) is 5.92 Å². The number of halogens is 2. The van der Waals surface area contributed by atoms with Crippen LogP contribution >= 0.6 is 0 Å². The van der Waals surface area contributed by atoms with E-state index in [9.17, 15) is 13.6 Å². The third kappa shape index (κ3) is 4.52. The van der Waals surface area contributed by atoms with Gasteiger partial charge in [0.2, 0.25) is 12.3 Å². The van der Waals surface area contributed by atoms with Crippen molar-refractivity contribution in [1.82, 2.24) is 24.5 Å². The number of aromatic nitrogens is 4. The van der Waals surface area contributed by atoms with Crippen LogP contribution in [0.5, 0.6) is 0 Å². The first-order valence-electron chi connectivity index (χ1n) is 13.0. The monoisotopic (exact) mass is 510 g/mol. The molecule has 0 aliphatic carbocycles. The SMILES string of the molecule is CC(=O)N1CCc2c(c(N3CC(CC(F)F)Cc4cc(-c5cnn(C)c5)ccc43)nn2C2CCOC2)C1. The zero-order chi connectivity index (χ0) is 25.7. The van der Waals surface area contributed by atoms with Crippen molar-refractivity contribution >= 4 is 17.4 Å². The number of carbonyl (C=O) groups is 1. The first kappa shape index (κ1) is 24.1. The van der Waals surface area contributed by atoms with E-state index in [1.165, 1.54) is 0 Å². The molecule has 37 heavy (non-hydrogen) atoms. The first-order valence-corrected chi connectivity index (χ1v) is 13.0. The van der Waals surface area contributed by atoms with Gasteiger partial charge in [0.25, 0.3) is 0 Å². The maximum atomic E-state index is 13.6. The van der Waals surface area contributed by atoms with Crippen molar-refractivity contribution in [1.29, 1.82) is 0 Å². The number of anilines is 2. The Hall–Kier alpha value is -3.27. The molecule has 0 N–H and O–H groups in total. The number of hydrogen-bond donors (Lipinski definition) is 0. The van der Waals surface area contributed by atoms with Crippen LogP contribution in [-0.4, -0.2) is 63.1 Å². The van der Waals surface area contributed by atoms with Crippen molar-refractivity contribution < 1.29 is 18.3 Å². The van der Waals surface area contributed by atoms with Gasteiger partial charge in [0, 0.05) is 75.2 Å². The van der Waals surface area contributed by atoms with Crippen molar-refractivity contribution in [2.75, 3.05) is 31.2 Å². The summed E-state index contributed by atoms with van der Waals surface area (Å²) in [6, 6.07) is 6.39. The maximum Gasteiger partial charge on any atom is 0.239 e. The van der Waals surface area contributed by atoms with E-state index < -0.39 is 6.43 Å². The van der Waals surface area contributed by atoms with Crippen LogP contribution in [0.3, 0.4) is 0 Å². The van der Waals surface area contributed by atoms with Gasteiger partial charge in [0.15, 0.2) is 5.82 Å². The van der Waals surface area contributed by atoms with Crippen molar-refractivity contribution in [3.05, 3.63) is 47.4 Å². The molecule has 3 aliphatic rings. The Morgan fingerprint density at radius 1 is 1.27 bits per heavy atom. The molecule has 1 aromatic carbocycles. The Bertz CT molecular complexity index is 1310. The van der Waals surface area contributed by atoms with Gasteiger partial charge in [-0.1, -0.05) is 6.07 Å². The number of ether oxygens (including phenoxy) is 1. The number of fused-ring (bicyclic) bond motifs is 2. The van der Waals surface area contributed by atoms with Crippen molar-refractivity contribution in [2.24, 2.45) is 13.0 Å². The van der Waals surface area contributed by atoms with Gasteiger partial charge in [0.1, 0.15) is 0 Å². The van der Waals surface area contributed by atoms with Crippen molar-refractivity contribution in [2.45, 2.75) is 51.6 Å². The normalized spacial score (nSPS) is 21.4. The second kappa shape index (κ2) is 9.55. The fourth-order valence-electron chi connectivity index (χ4n) is 6.04. The predicted octanol–water partition coefficient (Wildman–Crippen LogP) is 4.12. The van der Waals surface area contributed by atoms with Crippen LogP contribution in [0.4, 0.5) is 20.3 Å². The number of benzene rings is 1. The smallest absolute Gasteiger partial charge is 0.239 e. The molecule has 6 rings (SSSR count). The second-order valence-corrected chi connectivity index (χ2v) is 10.5. The molecule has 0 saturated carbocycles. The number of nitrogens with zero attached hydrogens (tertiary/aromatic N) is 6. The summed E-state index contributed by atoms with van der Waals surface area (Å²) in [5.41, 5.74) is 6.19. The van der Waals surface area contributed by atoms with Gasteiger partial charge < -0.3 is 14.5 Å². The lowest BCUT2D eigenvalue weighted by molar-refractivity contribution is -0.129. The summed E-state index contributed by atoms with van der Waals surface area (Å²) in [5, 5.41) is 9.40. The summed E-state index contributed by atoms with van der Waals surface area (Å²) in [7, 11) is 1.88. The highest BCUT2D eigenvalue weighted by molar-refractivity contribution is 5.76. The van der Waals surface area contributed by atoms with Crippen molar-refractivity contribution in [3.8, 4) is 11.1 Å². The minimum atomic E-state index is -2.37. The molecule has 0 radical (unpaired) electrons. The molecule has 1 amide bonds. The van der Waals surface area contributed by atoms with Gasteiger partial charge in [-0.15, -0.1) is 0 Å². The van der Waals surface area contributed by atoms with E-state index in [0.29, 0.717) is 39.3 Å². The average Bonchev–Trinajstić information content (AvgIpc) is 3.62. The molecular weight excluding hydrogens is 478 g/mol. The van der Waals surface area contributed by atoms with E-state index in [4.69, 9.17) is 9.84 Å². The molecular formula is C27H32F2N6O2. The minimum Gasteiger partial charge on any atom is -0.379 e. The Balaban J connectivity index is 1.45. The second-order valence-electron chi connectivity index (χ2n) is 10.5. The van der Waals surface area contributed by atoms with Gasteiger partial charge in [-0.2, -0.15) is 10.2 Å². The third-order valence-electron chi connectivity index (χ3n) is 7.89. The number of aryl methyl sites for hydroxylation is 1. The third-order valence-corrected chi connectivity index (χ3v) is 7.89. The Kier molecular flexibility index (Phi) is 6.22. The number of amides is 1. The topological polar surface area (TPSA) is 68.4 Å². The fraction of sp³-hybridized carbons (Fsp3) is 0.519. The first-order chi connectivity index (χ1) is 17.9. The summed E-state index contributed by atoms with van der Waals surface area (Å²) in [5.74, 6) is 0.603. The van der Waals surface area contributed by atoms with Crippen molar-refractivity contribution in [3.63, 3.8) is 0 Å². The van der Waals surface area contributed by atoms with Crippen LogP contribution in [0.15, 0.2) is 30.6 Å². The van der Waals surface area contributed by atoms with Gasteiger partial charge in [0.05, 0.1) is 25.4 Å². The largest absolute Gasteiger partial charge is 0.379 e. The molecule has 1 fully saturated rings. The molecule has 3 aliphatic heterocycles. The molecule has 196 valence electrons. The molecule has 0 bridgehead atoms. The fourth-order valence-corrected chi connectivity index (χ4v) is 6.04. The lowest BCUT2D eigenvalue weighted by Gasteiger charge is -2.36. The van der Waals surface area contributed by atoms with Crippen LogP contribution in [0.2, 0.25) is 0 Å².